The Hall–Kier alpha value is -2.58. The van der Waals surface area contributed by atoms with Gasteiger partial charge >= 0.3 is 17.9 Å². The van der Waals surface area contributed by atoms with Crippen LogP contribution in [0.1, 0.15) is 27.0 Å². The molecule has 1 aliphatic heterocycles. The van der Waals surface area contributed by atoms with Gasteiger partial charge in [0.05, 0.1) is 12.1 Å². The number of aromatic nitrogens is 1. The Bertz CT molecular complexity index is 909. The first-order valence-electron chi connectivity index (χ1n) is 8.65. The van der Waals surface area contributed by atoms with Crippen molar-refractivity contribution in [3.05, 3.63) is 35.5 Å². The van der Waals surface area contributed by atoms with Gasteiger partial charge in [0, 0.05) is 37.4 Å². The van der Waals surface area contributed by atoms with Gasteiger partial charge in [-0.15, -0.1) is 0 Å². The highest BCUT2D eigenvalue weighted by atomic mass is 35.5. The van der Waals surface area contributed by atoms with Crippen molar-refractivity contribution in [1.82, 2.24) is 4.57 Å². The summed E-state index contributed by atoms with van der Waals surface area (Å²) < 4.78 is 23.7. The molecule has 1 aromatic heterocycles. The van der Waals surface area contributed by atoms with Crippen molar-refractivity contribution in [3.63, 3.8) is 0 Å². The number of carbonyl (C=O) groups is 3. The van der Waals surface area contributed by atoms with E-state index in [2.05, 4.69) is 0 Å². The van der Waals surface area contributed by atoms with Gasteiger partial charge in [0.15, 0.2) is 24.5 Å². The first-order valence-corrected chi connectivity index (χ1v) is 9.03. The van der Waals surface area contributed by atoms with Gasteiger partial charge in [-0.1, -0.05) is 11.6 Å². The zero-order valence-electron chi connectivity index (χ0n) is 15.6. The normalized spacial score (nSPS) is 24.6. The lowest BCUT2D eigenvalue weighted by molar-refractivity contribution is -0.239. The second-order valence-corrected chi connectivity index (χ2v) is 6.88. The minimum Gasteiger partial charge on any atom is -0.456 e. The molecule has 9 heteroatoms. The smallest absolute Gasteiger partial charge is 0.303 e. The summed E-state index contributed by atoms with van der Waals surface area (Å²) in [6.07, 6.45) is -1.98. The molecule has 0 saturated carbocycles. The van der Waals surface area contributed by atoms with Crippen LogP contribution in [0.15, 0.2) is 30.5 Å². The van der Waals surface area contributed by atoms with Crippen molar-refractivity contribution in [2.24, 2.45) is 0 Å². The molecule has 1 aliphatic rings. The van der Waals surface area contributed by atoms with Crippen LogP contribution in [-0.2, 0) is 33.3 Å². The molecule has 4 atom stereocenters. The van der Waals surface area contributed by atoms with Crippen LogP contribution in [0.3, 0.4) is 0 Å². The van der Waals surface area contributed by atoms with Crippen LogP contribution in [0, 0.1) is 0 Å². The molecule has 0 N–H and O–H groups in total. The monoisotopic (exact) mass is 409 g/mol. The number of nitrogens with zero attached hydrogens (tertiary/aromatic N) is 1. The molecule has 0 radical (unpaired) electrons. The van der Waals surface area contributed by atoms with E-state index in [1.165, 1.54) is 20.8 Å². The van der Waals surface area contributed by atoms with Crippen LogP contribution in [0.25, 0.3) is 10.9 Å². The topological polar surface area (TPSA) is 93.1 Å². The third kappa shape index (κ3) is 4.28. The molecule has 28 heavy (non-hydrogen) atoms. The molecule has 0 unspecified atom stereocenters. The summed E-state index contributed by atoms with van der Waals surface area (Å²) in [5.74, 6) is -1.74. The molecule has 3 rings (SSSR count). The van der Waals surface area contributed by atoms with Crippen LogP contribution in [0.4, 0.5) is 0 Å². The van der Waals surface area contributed by atoms with Crippen LogP contribution >= 0.6 is 11.6 Å². The maximum atomic E-state index is 11.7. The number of halogens is 1. The lowest BCUT2D eigenvalue weighted by atomic mass is 10.0. The number of carbonyl (C=O) groups excluding carboxylic acids is 3. The van der Waals surface area contributed by atoms with Gasteiger partial charge in [0.25, 0.3) is 0 Å². The fraction of sp³-hybridized carbons (Fsp3) is 0.421. The first kappa shape index (κ1) is 20.2. The number of hydrogen-bond acceptors (Lipinski definition) is 7. The fourth-order valence-electron chi connectivity index (χ4n) is 3.32. The van der Waals surface area contributed by atoms with Gasteiger partial charge in [0.2, 0.25) is 0 Å². The minimum absolute atomic E-state index is 0.0345. The van der Waals surface area contributed by atoms with Gasteiger partial charge in [0.1, 0.15) is 0 Å². The van der Waals surface area contributed by atoms with Crippen molar-refractivity contribution in [1.29, 1.82) is 0 Å². The van der Waals surface area contributed by atoms with Crippen LogP contribution in [0.5, 0.6) is 0 Å². The molecule has 2 heterocycles. The Morgan fingerprint density at radius 3 is 2.29 bits per heavy atom. The molecule has 150 valence electrons. The number of hydrogen-bond donors (Lipinski definition) is 0. The highest BCUT2D eigenvalue weighted by Crippen LogP contribution is 2.34. The Kier molecular flexibility index (Phi) is 5.90. The van der Waals surface area contributed by atoms with E-state index in [0.29, 0.717) is 5.02 Å². The summed E-state index contributed by atoms with van der Waals surface area (Å²) in [5.41, 5.74) is 0.791. The van der Waals surface area contributed by atoms with E-state index < -0.39 is 42.4 Å². The SMILES string of the molecule is CC(=O)O[C@@H]1[C@@H](OC(C)=O)[C@H](OC(C)=O)CO[C@H]1n1ccc2cc(Cl)ccc21. The molecule has 1 aromatic carbocycles. The molecule has 1 saturated heterocycles. The van der Waals surface area contributed by atoms with Crippen molar-refractivity contribution in [2.75, 3.05) is 6.61 Å². The number of rotatable bonds is 4. The Balaban J connectivity index is 2.02. The van der Waals surface area contributed by atoms with E-state index in [1.54, 1.807) is 22.9 Å². The van der Waals surface area contributed by atoms with Crippen LogP contribution < -0.4 is 0 Å². The molecular formula is C19H20ClNO7. The average Bonchev–Trinajstić information content (AvgIpc) is 2.99. The molecular weight excluding hydrogens is 390 g/mol. The Morgan fingerprint density at radius 2 is 1.64 bits per heavy atom. The second kappa shape index (κ2) is 8.20. The zero-order chi connectivity index (χ0) is 20.4. The standard InChI is InChI=1S/C19H20ClNO7/c1-10(22)26-16-9-25-19(18(28-12(3)24)17(16)27-11(2)23)21-7-6-13-8-14(20)4-5-15(13)21/h4-8,16-19H,9H2,1-3H3/t16-,17+,18-,19-/m1/s1. The molecule has 1 fully saturated rings. The largest absolute Gasteiger partial charge is 0.456 e. The van der Waals surface area contributed by atoms with Crippen LogP contribution in [0.2, 0.25) is 5.02 Å². The molecule has 0 bridgehead atoms. The van der Waals surface area contributed by atoms with Gasteiger partial charge in [-0.25, -0.2) is 0 Å². The predicted molar refractivity (Wildman–Crippen MR) is 98.6 cm³/mol. The van der Waals surface area contributed by atoms with Gasteiger partial charge in [-0.2, -0.15) is 0 Å². The molecule has 2 aromatic rings. The summed E-state index contributed by atoms with van der Waals surface area (Å²) >= 11 is 6.04. The zero-order valence-corrected chi connectivity index (χ0v) is 16.3. The van der Waals surface area contributed by atoms with E-state index in [4.69, 9.17) is 30.5 Å². The highest BCUT2D eigenvalue weighted by molar-refractivity contribution is 6.31. The summed E-state index contributed by atoms with van der Waals surface area (Å²) in [6.45, 7) is 3.67. The summed E-state index contributed by atoms with van der Waals surface area (Å²) in [7, 11) is 0. The molecule has 0 amide bonds. The maximum Gasteiger partial charge on any atom is 0.303 e. The first-order chi connectivity index (χ1) is 13.3. The van der Waals surface area contributed by atoms with Crippen molar-refractivity contribution < 1.29 is 33.3 Å². The number of ether oxygens (including phenoxy) is 4. The third-order valence-electron chi connectivity index (χ3n) is 4.28. The fourth-order valence-corrected chi connectivity index (χ4v) is 3.50. The lowest BCUT2D eigenvalue weighted by Gasteiger charge is -2.41. The van der Waals surface area contributed by atoms with Gasteiger partial charge in [-0.3, -0.25) is 14.4 Å². The molecule has 8 nitrogen and oxygen atoms in total. The Labute approximate surface area is 166 Å². The minimum atomic E-state index is -1.02. The third-order valence-corrected chi connectivity index (χ3v) is 4.52. The van der Waals surface area contributed by atoms with E-state index in [-0.39, 0.29) is 6.61 Å². The number of esters is 3. The van der Waals surface area contributed by atoms with E-state index in [9.17, 15) is 14.4 Å². The van der Waals surface area contributed by atoms with Crippen molar-refractivity contribution in [2.45, 2.75) is 45.3 Å². The second-order valence-electron chi connectivity index (χ2n) is 6.45. The summed E-state index contributed by atoms with van der Waals surface area (Å²) in [4.78, 5) is 34.8. The van der Waals surface area contributed by atoms with E-state index in [0.717, 1.165) is 10.9 Å². The lowest BCUT2D eigenvalue weighted by Crippen LogP contribution is -2.55. The van der Waals surface area contributed by atoms with Crippen LogP contribution in [-0.4, -0.2) is 47.4 Å². The Morgan fingerprint density at radius 1 is 1.00 bits per heavy atom. The van der Waals surface area contributed by atoms with E-state index >= 15 is 0 Å². The highest BCUT2D eigenvalue weighted by Gasteiger charge is 2.47. The average molecular weight is 410 g/mol. The van der Waals surface area contributed by atoms with Gasteiger partial charge in [-0.05, 0) is 24.3 Å². The van der Waals surface area contributed by atoms with Gasteiger partial charge < -0.3 is 23.5 Å². The molecule has 0 aliphatic carbocycles. The number of fused-ring (bicyclic) bond motifs is 1. The van der Waals surface area contributed by atoms with E-state index in [1.807, 2.05) is 12.1 Å². The van der Waals surface area contributed by atoms with Crippen molar-refractivity contribution in [3.8, 4) is 0 Å². The molecule has 0 spiro atoms. The maximum absolute atomic E-state index is 11.7. The quantitative estimate of drug-likeness (QED) is 0.566. The number of benzene rings is 1. The van der Waals surface area contributed by atoms with Crippen molar-refractivity contribution >= 4 is 40.4 Å². The summed E-state index contributed by atoms with van der Waals surface area (Å²) in [6, 6.07) is 7.18. The summed E-state index contributed by atoms with van der Waals surface area (Å²) in [5, 5.41) is 1.45. The predicted octanol–water partition coefficient (Wildman–Crippen LogP) is 2.62.